The normalized spacial score (nSPS) is 23.0. The standard InChI is InChI=1S/C17H26N2/c18-13-17(19-11-3-1-2-4-12-19)16-9-7-15(8-10-16)14-5-6-14/h7-10,14,17H,1-6,11-13,18H2. The molecule has 0 amide bonds. The molecule has 1 aliphatic carbocycles. The lowest BCUT2D eigenvalue weighted by atomic mass is 10.0. The van der Waals surface area contributed by atoms with E-state index in [9.17, 15) is 0 Å². The lowest BCUT2D eigenvalue weighted by molar-refractivity contribution is 0.210. The van der Waals surface area contributed by atoms with Crippen molar-refractivity contribution < 1.29 is 0 Å². The van der Waals surface area contributed by atoms with Crippen molar-refractivity contribution >= 4 is 0 Å². The third-order valence-corrected chi connectivity index (χ3v) is 4.67. The Morgan fingerprint density at radius 1 is 1.00 bits per heavy atom. The Morgan fingerprint density at radius 2 is 1.63 bits per heavy atom. The van der Waals surface area contributed by atoms with Gasteiger partial charge in [-0.05, 0) is 55.8 Å². The molecule has 2 nitrogen and oxygen atoms in total. The van der Waals surface area contributed by atoms with Gasteiger partial charge in [-0.25, -0.2) is 0 Å². The summed E-state index contributed by atoms with van der Waals surface area (Å²) in [6.45, 7) is 3.17. The van der Waals surface area contributed by atoms with Crippen LogP contribution in [0, 0.1) is 0 Å². The fourth-order valence-electron chi connectivity index (χ4n) is 3.31. The first kappa shape index (κ1) is 13.1. The van der Waals surface area contributed by atoms with Crippen molar-refractivity contribution in [3.63, 3.8) is 0 Å². The monoisotopic (exact) mass is 258 g/mol. The van der Waals surface area contributed by atoms with E-state index in [1.54, 1.807) is 0 Å². The van der Waals surface area contributed by atoms with E-state index in [4.69, 9.17) is 5.73 Å². The van der Waals surface area contributed by atoms with Crippen molar-refractivity contribution in [2.45, 2.75) is 50.5 Å². The third kappa shape index (κ3) is 3.18. The van der Waals surface area contributed by atoms with Crippen LogP contribution in [0.1, 0.15) is 61.6 Å². The van der Waals surface area contributed by atoms with Crippen LogP contribution in [-0.2, 0) is 0 Å². The summed E-state index contributed by atoms with van der Waals surface area (Å²) in [5.41, 5.74) is 8.99. The fraction of sp³-hybridized carbons (Fsp3) is 0.647. The summed E-state index contributed by atoms with van der Waals surface area (Å²) in [6.07, 6.45) is 8.19. The Kier molecular flexibility index (Phi) is 4.19. The topological polar surface area (TPSA) is 29.3 Å². The van der Waals surface area contributed by atoms with Crippen LogP contribution in [0.2, 0.25) is 0 Å². The number of nitrogens with zero attached hydrogens (tertiary/aromatic N) is 1. The van der Waals surface area contributed by atoms with Gasteiger partial charge in [-0.1, -0.05) is 37.1 Å². The highest BCUT2D eigenvalue weighted by Crippen LogP contribution is 2.40. The van der Waals surface area contributed by atoms with Crippen LogP contribution in [0.25, 0.3) is 0 Å². The van der Waals surface area contributed by atoms with Crippen LogP contribution in [0.4, 0.5) is 0 Å². The van der Waals surface area contributed by atoms with Crippen molar-refractivity contribution in [1.82, 2.24) is 4.90 Å². The van der Waals surface area contributed by atoms with Gasteiger partial charge in [0.2, 0.25) is 0 Å². The first-order chi connectivity index (χ1) is 9.38. The zero-order chi connectivity index (χ0) is 13.1. The summed E-state index contributed by atoms with van der Waals surface area (Å²) in [5, 5.41) is 0. The Bertz CT molecular complexity index is 386. The van der Waals surface area contributed by atoms with E-state index in [1.165, 1.54) is 62.7 Å². The lowest BCUT2D eigenvalue weighted by Gasteiger charge is -2.30. The molecule has 0 bridgehead atoms. The molecule has 3 rings (SSSR count). The van der Waals surface area contributed by atoms with Crippen LogP contribution in [0.5, 0.6) is 0 Å². The Morgan fingerprint density at radius 3 is 2.16 bits per heavy atom. The van der Waals surface area contributed by atoms with E-state index in [2.05, 4.69) is 29.2 Å². The Balaban J connectivity index is 1.72. The Labute approximate surface area is 117 Å². The van der Waals surface area contributed by atoms with E-state index >= 15 is 0 Å². The molecule has 1 unspecified atom stereocenters. The number of benzene rings is 1. The predicted molar refractivity (Wildman–Crippen MR) is 80.3 cm³/mol. The van der Waals surface area contributed by atoms with Crippen molar-refractivity contribution in [3.8, 4) is 0 Å². The minimum Gasteiger partial charge on any atom is -0.329 e. The summed E-state index contributed by atoms with van der Waals surface area (Å²) < 4.78 is 0. The molecule has 2 aliphatic rings. The highest BCUT2D eigenvalue weighted by molar-refractivity contribution is 5.30. The summed E-state index contributed by atoms with van der Waals surface area (Å²) >= 11 is 0. The molecular weight excluding hydrogens is 232 g/mol. The van der Waals surface area contributed by atoms with E-state index in [-0.39, 0.29) is 0 Å². The summed E-state index contributed by atoms with van der Waals surface area (Å²) in [6, 6.07) is 9.71. The minimum atomic E-state index is 0.423. The average Bonchev–Trinajstić information content (AvgIpc) is 3.28. The molecule has 2 N–H and O–H groups in total. The Hall–Kier alpha value is -0.860. The molecule has 19 heavy (non-hydrogen) atoms. The molecule has 0 radical (unpaired) electrons. The van der Waals surface area contributed by atoms with Crippen LogP contribution >= 0.6 is 0 Å². The number of hydrogen-bond donors (Lipinski definition) is 1. The third-order valence-electron chi connectivity index (χ3n) is 4.67. The average molecular weight is 258 g/mol. The lowest BCUT2D eigenvalue weighted by Crippen LogP contribution is -2.34. The number of hydrogen-bond acceptors (Lipinski definition) is 2. The SMILES string of the molecule is NCC(c1ccc(C2CC2)cc1)N1CCCCCC1. The molecule has 1 heterocycles. The highest BCUT2D eigenvalue weighted by atomic mass is 15.2. The van der Waals surface area contributed by atoms with Crippen LogP contribution in [-0.4, -0.2) is 24.5 Å². The fourth-order valence-corrected chi connectivity index (χ4v) is 3.31. The molecule has 1 atom stereocenters. The molecule has 0 aromatic heterocycles. The van der Waals surface area contributed by atoms with E-state index in [1.807, 2.05) is 0 Å². The largest absolute Gasteiger partial charge is 0.329 e. The zero-order valence-corrected chi connectivity index (χ0v) is 11.9. The smallest absolute Gasteiger partial charge is 0.0470 e. The maximum absolute atomic E-state index is 6.06. The second-order valence-electron chi connectivity index (χ2n) is 6.14. The predicted octanol–water partition coefficient (Wildman–Crippen LogP) is 3.44. The van der Waals surface area contributed by atoms with Crippen LogP contribution in [0.3, 0.4) is 0 Å². The molecule has 104 valence electrons. The maximum Gasteiger partial charge on any atom is 0.0470 e. The molecule has 1 aliphatic heterocycles. The van der Waals surface area contributed by atoms with Crippen molar-refractivity contribution in [2.24, 2.45) is 5.73 Å². The van der Waals surface area contributed by atoms with Gasteiger partial charge in [-0.2, -0.15) is 0 Å². The molecule has 0 spiro atoms. The summed E-state index contributed by atoms with van der Waals surface area (Å²) in [4.78, 5) is 2.60. The van der Waals surface area contributed by atoms with E-state index in [0.717, 1.165) is 12.5 Å². The van der Waals surface area contributed by atoms with E-state index in [0.29, 0.717) is 6.04 Å². The minimum absolute atomic E-state index is 0.423. The van der Waals surface area contributed by atoms with Crippen LogP contribution < -0.4 is 5.73 Å². The number of rotatable bonds is 4. The van der Waals surface area contributed by atoms with Gasteiger partial charge in [0, 0.05) is 12.6 Å². The molecule has 1 saturated carbocycles. The molecule has 2 fully saturated rings. The first-order valence-electron chi connectivity index (χ1n) is 7.92. The molecule has 2 heteroatoms. The highest BCUT2D eigenvalue weighted by Gasteiger charge is 2.24. The summed E-state index contributed by atoms with van der Waals surface area (Å²) in [5.74, 6) is 0.851. The first-order valence-corrected chi connectivity index (χ1v) is 7.92. The van der Waals surface area contributed by atoms with Crippen molar-refractivity contribution in [2.75, 3.05) is 19.6 Å². The molecule has 1 aromatic carbocycles. The second-order valence-corrected chi connectivity index (χ2v) is 6.14. The van der Waals surface area contributed by atoms with Gasteiger partial charge < -0.3 is 5.73 Å². The van der Waals surface area contributed by atoms with Gasteiger partial charge in [0.15, 0.2) is 0 Å². The number of nitrogens with two attached hydrogens (primary N) is 1. The zero-order valence-electron chi connectivity index (χ0n) is 11.9. The van der Waals surface area contributed by atoms with Gasteiger partial charge in [0.05, 0.1) is 0 Å². The molecular formula is C17H26N2. The van der Waals surface area contributed by atoms with Crippen LogP contribution in [0.15, 0.2) is 24.3 Å². The second kappa shape index (κ2) is 6.06. The van der Waals surface area contributed by atoms with Gasteiger partial charge in [-0.3, -0.25) is 4.90 Å². The van der Waals surface area contributed by atoms with E-state index < -0.39 is 0 Å². The molecule has 1 aromatic rings. The quantitative estimate of drug-likeness (QED) is 0.896. The van der Waals surface area contributed by atoms with Gasteiger partial charge in [0.25, 0.3) is 0 Å². The number of likely N-dealkylation sites (tertiary alicyclic amines) is 1. The van der Waals surface area contributed by atoms with Gasteiger partial charge >= 0.3 is 0 Å². The van der Waals surface area contributed by atoms with Crippen molar-refractivity contribution in [3.05, 3.63) is 35.4 Å². The molecule has 1 saturated heterocycles. The summed E-state index contributed by atoms with van der Waals surface area (Å²) in [7, 11) is 0. The van der Waals surface area contributed by atoms with Gasteiger partial charge in [-0.15, -0.1) is 0 Å². The van der Waals surface area contributed by atoms with Gasteiger partial charge in [0.1, 0.15) is 0 Å². The van der Waals surface area contributed by atoms with Crippen molar-refractivity contribution in [1.29, 1.82) is 0 Å². The maximum atomic E-state index is 6.06.